The van der Waals surface area contributed by atoms with Crippen molar-refractivity contribution in [3.63, 3.8) is 0 Å². The first-order valence-electron chi connectivity index (χ1n) is 13.0. The van der Waals surface area contributed by atoms with E-state index in [9.17, 15) is 4.79 Å². The second-order valence-corrected chi connectivity index (χ2v) is 8.82. The van der Waals surface area contributed by atoms with Gasteiger partial charge in [-0.3, -0.25) is 9.79 Å². The highest BCUT2D eigenvalue weighted by atomic mass is 16.5. The number of carbonyl (C=O) groups is 1. The quantitative estimate of drug-likeness (QED) is 0.359. The van der Waals surface area contributed by atoms with Gasteiger partial charge >= 0.3 is 0 Å². The summed E-state index contributed by atoms with van der Waals surface area (Å²) in [6.07, 6.45) is 6.53. The van der Waals surface area contributed by atoms with Crippen LogP contribution in [0.2, 0.25) is 0 Å². The maximum atomic E-state index is 12.6. The van der Waals surface area contributed by atoms with Gasteiger partial charge in [-0.15, -0.1) is 0 Å². The molecule has 0 saturated carbocycles. The third-order valence-corrected chi connectivity index (χ3v) is 5.99. The first-order valence-corrected chi connectivity index (χ1v) is 13.0. The molecule has 0 spiro atoms. The third kappa shape index (κ3) is 9.50. The van der Waals surface area contributed by atoms with Crippen molar-refractivity contribution in [2.24, 2.45) is 4.99 Å². The van der Waals surface area contributed by atoms with Gasteiger partial charge in [-0.05, 0) is 61.8 Å². The van der Waals surface area contributed by atoms with Crippen LogP contribution in [0, 0.1) is 0 Å². The van der Waals surface area contributed by atoms with Crippen molar-refractivity contribution in [3.05, 3.63) is 29.3 Å². The van der Waals surface area contributed by atoms with E-state index in [1.165, 1.54) is 11.1 Å². The fraction of sp³-hybridized carbons (Fsp3) is 0.692. The van der Waals surface area contributed by atoms with Crippen LogP contribution in [0.1, 0.15) is 56.6 Å². The van der Waals surface area contributed by atoms with Crippen molar-refractivity contribution in [2.45, 2.75) is 58.4 Å². The average Bonchev–Trinajstić information content (AvgIpc) is 3.31. The van der Waals surface area contributed by atoms with E-state index >= 15 is 0 Å². The SMILES string of the molecule is CCCOCCCCCOCCN1Cc2cc(OCCCNC3=NCCN3)ccc2CCC1=O. The number of guanidine groups is 1. The zero-order valence-electron chi connectivity index (χ0n) is 20.8. The number of unbranched alkanes of at least 4 members (excludes halogenated alkanes) is 2. The first kappa shape index (κ1) is 26.3. The number of aryl methyl sites for hydroxylation is 1. The molecule has 0 unspecified atom stereocenters. The Balaban J connectivity index is 1.33. The van der Waals surface area contributed by atoms with Crippen LogP contribution in [0.15, 0.2) is 23.2 Å². The highest BCUT2D eigenvalue weighted by Gasteiger charge is 2.20. The molecule has 2 aliphatic heterocycles. The Morgan fingerprint density at radius 1 is 1.00 bits per heavy atom. The summed E-state index contributed by atoms with van der Waals surface area (Å²) >= 11 is 0. The van der Waals surface area contributed by atoms with Crippen LogP contribution < -0.4 is 15.4 Å². The van der Waals surface area contributed by atoms with Gasteiger partial charge in [-0.2, -0.15) is 0 Å². The number of hydrogen-bond acceptors (Lipinski definition) is 7. The van der Waals surface area contributed by atoms with Crippen LogP contribution in [-0.2, 0) is 27.2 Å². The average molecular weight is 475 g/mol. The number of amides is 1. The van der Waals surface area contributed by atoms with Crippen LogP contribution in [-0.4, -0.2) is 76.0 Å². The van der Waals surface area contributed by atoms with Gasteiger partial charge in [-0.25, -0.2) is 0 Å². The van der Waals surface area contributed by atoms with E-state index in [1.54, 1.807) is 0 Å². The number of rotatable bonds is 16. The second kappa shape index (κ2) is 15.6. The summed E-state index contributed by atoms with van der Waals surface area (Å²) in [6.45, 7) is 9.60. The van der Waals surface area contributed by atoms with Gasteiger partial charge < -0.3 is 29.7 Å². The molecule has 190 valence electrons. The lowest BCUT2D eigenvalue weighted by Gasteiger charge is -2.21. The molecule has 0 radical (unpaired) electrons. The lowest BCUT2D eigenvalue weighted by Crippen LogP contribution is -2.34. The molecule has 2 N–H and O–H groups in total. The topological polar surface area (TPSA) is 84.4 Å². The normalized spacial score (nSPS) is 15.5. The molecule has 1 aromatic carbocycles. The van der Waals surface area contributed by atoms with Gasteiger partial charge in [0.25, 0.3) is 0 Å². The van der Waals surface area contributed by atoms with Gasteiger partial charge in [0.1, 0.15) is 5.75 Å². The number of carbonyl (C=O) groups excluding carboxylic acids is 1. The predicted molar refractivity (Wildman–Crippen MR) is 134 cm³/mol. The molecule has 34 heavy (non-hydrogen) atoms. The summed E-state index contributed by atoms with van der Waals surface area (Å²) in [7, 11) is 0. The molecular weight excluding hydrogens is 432 g/mol. The minimum absolute atomic E-state index is 0.199. The summed E-state index contributed by atoms with van der Waals surface area (Å²) in [5, 5.41) is 6.48. The van der Waals surface area contributed by atoms with Gasteiger partial charge in [0.05, 0.1) is 19.8 Å². The van der Waals surface area contributed by atoms with Crippen LogP contribution in [0.5, 0.6) is 5.75 Å². The molecule has 0 atom stereocenters. The first-order chi connectivity index (χ1) is 16.8. The maximum Gasteiger partial charge on any atom is 0.223 e. The molecule has 2 aliphatic rings. The van der Waals surface area contributed by atoms with Gasteiger partial charge in [0.15, 0.2) is 5.96 Å². The third-order valence-electron chi connectivity index (χ3n) is 5.99. The Kier molecular flexibility index (Phi) is 12.0. The Morgan fingerprint density at radius 2 is 1.85 bits per heavy atom. The molecule has 0 aliphatic carbocycles. The molecule has 2 heterocycles. The van der Waals surface area contributed by atoms with E-state index in [0.717, 1.165) is 89.7 Å². The highest BCUT2D eigenvalue weighted by Crippen LogP contribution is 2.24. The van der Waals surface area contributed by atoms with Crippen LogP contribution >= 0.6 is 0 Å². The molecule has 0 fully saturated rings. The number of hydrogen-bond donors (Lipinski definition) is 2. The Hall–Kier alpha value is -2.32. The van der Waals surface area contributed by atoms with Gasteiger partial charge in [0.2, 0.25) is 5.91 Å². The standard InChI is InChI=1S/C26H42N4O4/c1-2-15-32-16-4-3-5-17-33-19-14-30-21-23-20-24(9-7-22(23)8-10-25(30)31)34-18-6-11-27-26-28-12-13-29-26/h7,9,20H,2-6,8,10-19,21H2,1H3,(H2,27,28,29). The minimum atomic E-state index is 0.199. The summed E-state index contributed by atoms with van der Waals surface area (Å²) in [6, 6.07) is 6.22. The monoisotopic (exact) mass is 474 g/mol. The van der Waals surface area contributed by atoms with E-state index in [0.29, 0.717) is 32.7 Å². The zero-order chi connectivity index (χ0) is 23.8. The molecule has 8 nitrogen and oxygen atoms in total. The fourth-order valence-electron chi connectivity index (χ4n) is 4.07. The maximum absolute atomic E-state index is 12.6. The number of fused-ring (bicyclic) bond motifs is 1. The number of nitrogens with zero attached hydrogens (tertiary/aromatic N) is 2. The van der Waals surface area contributed by atoms with Crippen molar-refractivity contribution < 1.29 is 19.0 Å². The summed E-state index contributed by atoms with van der Waals surface area (Å²) in [5.74, 6) is 1.95. The second-order valence-electron chi connectivity index (χ2n) is 8.82. The van der Waals surface area contributed by atoms with Crippen LogP contribution in [0.4, 0.5) is 0 Å². The molecule has 0 bridgehead atoms. The molecular formula is C26H42N4O4. The Bertz CT molecular complexity index is 771. The number of nitrogens with one attached hydrogen (secondary N) is 2. The molecule has 1 amide bonds. The molecule has 0 saturated heterocycles. The highest BCUT2D eigenvalue weighted by molar-refractivity contribution is 5.81. The van der Waals surface area contributed by atoms with E-state index in [4.69, 9.17) is 14.2 Å². The fourth-order valence-corrected chi connectivity index (χ4v) is 4.07. The lowest BCUT2D eigenvalue weighted by atomic mass is 10.0. The van der Waals surface area contributed by atoms with E-state index < -0.39 is 0 Å². The number of ether oxygens (including phenoxy) is 3. The smallest absolute Gasteiger partial charge is 0.223 e. The molecule has 8 heteroatoms. The summed E-state index contributed by atoms with van der Waals surface area (Å²) in [5.41, 5.74) is 2.42. The van der Waals surface area contributed by atoms with Gasteiger partial charge in [-0.1, -0.05) is 13.0 Å². The van der Waals surface area contributed by atoms with E-state index in [2.05, 4.69) is 34.7 Å². The molecule has 0 aromatic heterocycles. The van der Waals surface area contributed by atoms with Crippen LogP contribution in [0.3, 0.4) is 0 Å². The van der Waals surface area contributed by atoms with Crippen molar-refractivity contribution >= 4 is 11.9 Å². The Labute approximate surface area is 204 Å². The molecule has 3 rings (SSSR count). The lowest BCUT2D eigenvalue weighted by molar-refractivity contribution is -0.132. The summed E-state index contributed by atoms with van der Waals surface area (Å²) in [4.78, 5) is 18.9. The molecule has 1 aromatic rings. The zero-order valence-corrected chi connectivity index (χ0v) is 20.8. The largest absolute Gasteiger partial charge is 0.494 e. The predicted octanol–water partition coefficient (Wildman–Crippen LogP) is 2.89. The van der Waals surface area contributed by atoms with Gasteiger partial charge in [0, 0.05) is 52.4 Å². The Morgan fingerprint density at radius 3 is 2.65 bits per heavy atom. The van der Waals surface area contributed by atoms with E-state index in [1.807, 2.05) is 11.0 Å². The van der Waals surface area contributed by atoms with Crippen molar-refractivity contribution in [3.8, 4) is 5.75 Å². The van der Waals surface area contributed by atoms with Crippen molar-refractivity contribution in [1.29, 1.82) is 0 Å². The van der Waals surface area contributed by atoms with E-state index in [-0.39, 0.29) is 5.91 Å². The number of benzene rings is 1. The van der Waals surface area contributed by atoms with Crippen molar-refractivity contribution in [2.75, 3.05) is 59.2 Å². The van der Waals surface area contributed by atoms with Crippen molar-refractivity contribution in [1.82, 2.24) is 15.5 Å². The summed E-state index contributed by atoms with van der Waals surface area (Å²) < 4.78 is 17.3. The minimum Gasteiger partial charge on any atom is -0.494 e. The number of aliphatic imine (C=N–C) groups is 1. The van der Waals surface area contributed by atoms with Crippen LogP contribution in [0.25, 0.3) is 0 Å².